The largest absolute Gasteiger partial charge is 0.444 e. The first-order valence-electron chi connectivity index (χ1n) is 8.36. The summed E-state index contributed by atoms with van der Waals surface area (Å²) in [6, 6.07) is 3.89. The van der Waals surface area contributed by atoms with E-state index in [1.165, 1.54) is 0 Å². The molecule has 0 spiro atoms. The van der Waals surface area contributed by atoms with Crippen LogP contribution in [0.3, 0.4) is 0 Å². The van der Waals surface area contributed by atoms with Gasteiger partial charge in [-0.25, -0.2) is 4.98 Å². The number of oxazole rings is 1. The van der Waals surface area contributed by atoms with Gasteiger partial charge in [-0.2, -0.15) is 0 Å². The highest BCUT2D eigenvalue weighted by Gasteiger charge is 2.16. The zero-order valence-electron chi connectivity index (χ0n) is 13.6. The summed E-state index contributed by atoms with van der Waals surface area (Å²) in [4.78, 5) is 19.6. The van der Waals surface area contributed by atoms with Crippen LogP contribution in [-0.2, 0) is 11.2 Å². The average molecular weight is 349 g/mol. The molecule has 1 amide bonds. The molecular weight excluding hydrogens is 326 g/mol. The molecule has 0 bridgehead atoms. The summed E-state index contributed by atoms with van der Waals surface area (Å²) in [5.74, 6) is 0.537. The molecule has 2 aromatic rings. The van der Waals surface area contributed by atoms with Gasteiger partial charge in [0.2, 0.25) is 11.8 Å². The van der Waals surface area contributed by atoms with E-state index < -0.39 is 0 Å². The van der Waals surface area contributed by atoms with Gasteiger partial charge >= 0.3 is 0 Å². The molecule has 0 unspecified atom stereocenters. The summed E-state index contributed by atoms with van der Waals surface area (Å²) >= 11 is 1.56. The maximum absolute atomic E-state index is 12.0. The quantitative estimate of drug-likeness (QED) is 0.747. The lowest BCUT2D eigenvalue weighted by Gasteiger charge is -2.29. The molecule has 0 radical (unpaired) electrons. The van der Waals surface area contributed by atoms with Gasteiger partial charge in [0.15, 0.2) is 0 Å². The summed E-state index contributed by atoms with van der Waals surface area (Å²) in [6.07, 6.45) is 4.28. The molecule has 24 heavy (non-hydrogen) atoms. The highest BCUT2D eigenvalue weighted by atomic mass is 32.1. The van der Waals surface area contributed by atoms with Crippen LogP contribution in [-0.4, -0.2) is 53.2 Å². The fourth-order valence-electron chi connectivity index (χ4n) is 2.80. The van der Waals surface area contributed by atoms with E-state index in [0.29, 0.717) is 18.1 Å². The van der Waals surface area contributed by atoms with Gasteiger partial charge in [0.25, 0.3) is 0 Å². The lowest BCUT2D eigenvalue weighted by molar-refractivity contribution is -0.120. The van der Waals surface area contributed by atoms with Crippen molar-refractivity contribution in [3.63, 3.8) is 0 Å². The number of nitrogens with one attached hydrogen (secondary N) is 1. The summed E-state index contributed by atoms with van der Waals surface area (Å²) in [5.41, 5.74) is 0.654. The summed E-state index contributed by atoms with van der Waals surface area (Å²) in [5, 5.41) is 14.4. The van der Waals surface area contributed by atoms with E-state index >= 15 is 0 Å². The maximum Gasteiger partial charge on any atom is 0.236 e. The highest BCUT2D eigenvalue weighted by Crippen LogP contribution is 2.23. The number of carbonyl (C=O) groups is 1. The minimum Gasteiger partial charge on any atom is -0.444 e. The van der Waals surface area contributed by atoms with Gasteiger partial charge in [0.1, 0.15) is 6.26 Å². The lowest BCUT2D eigenvalue weighted by atomic mass is 10.1. The van der Waals surface area contributed by atoms with Gasteiger partial charge in [0.05, 0.1) is 23.1 Å². The molecule has 6 nitrogen and oxygen atoms in total. The van der Waals surface area contributed by atoms with E-state index in [2.05, 4.69) is 15.2 Å². The van der Waals surface area contributed by atoms with Gasteiger partial charge in [-0.15, -0.1) is 11.3 Å². The minimum absolute atomic E-state index is 0.0323. The van der Waals surface area contributed by atoms with Crippen LogP contribution in [0.15, 0.2) is 28.2 Å². The number of rotatable bonds is 7. The molecule has 1 saturated heterocycles. The fraction of sp³-hybridized carbons (Fsp3) is 0.529. The van der Waals surface area contributed by atoms with Crippen LogP contribution >= 0.6 is 11.3 Å². The standard InChI is InChI=1S/C17H23N3O3S/c21-14-4-8-20(9-5-14)7-2-6-18-16(22)11-13-12-23-17(19-13)15-3-1-10-24-15/h1,3,10,12,14,21H,2,4-9,11H2,(H,18,22). The van der Waals surface area contributed by atoms with E-state index in [1.807, 2.05) is 17.5 Å². The molecule has 2 aromatic heterocycles. The minimum atomic E-state index is -0.137. The molecule has 0 saturated carbocycles. The molecule has 3 heterocycles. The molecule has 1 aliphatic rings. The topological polar surface area (TPSA) is 78.6 Å². The Bertz CT molecular complexity index is 633. The van der Waals surface area contributed by atoms with Crippen molar-refractivity contribution in [2.45, 2.75) is 31.8 Å². The zero-order chi connectivity index (χ0) is 16.8. The predicted molar refractivity (Wildman–Crippen MR) is 92.8 cm³/mol. The van der Waals surface area contributed by atoms with Crippen LogP contribution in [0.4, 0.5) is 0 Å². The van der Waals surface area contributed by atoms with Crippen molar-refractivity contribution in [3.8, 4) is 10.8 Å². The lowest BCUT2D eigenvalue weighted by Crippen LogP contribution is -2.37. The normalized spacial score (nSPS) is 16.4. The highest BCUT2D eigenvalue weighted by molar-refractivity contribution is 7.13. The Kier molecular flexibility index (Phi) is 6.01. The number of hydrogen-bond donors (Lipinski definition) is 2. The van der Waals surface area contributed by atoms with Crippen LogP contribution in [0.25, 0.3) is 10.8 Å². The van der Waals surface area contributed by atoms with Crippen molar-refractivity contribution in [1.82, 2.24) is 15.2 Å². The molecule has 2 N–H and O–H groups in total. The summed E-state index contributed by atoms with van der Waals surface area (Å²) in [6.45, 7) is 3.51. The van der Waals surface area contributed by atoms with Crippen LogP contribution in [0.5, 0.6) is 0 Å². The number of aromatic nitrogens is 1. The molecule has 1 aliphatic heterocycles. The maximum atomic E-state index is 12.0. The van der Waals surface area contributed by atoms with Crippen molar-refractivity contribution in [2.75, 3.05) is 26.2 Å². The number of amides is 1. The molecule has 1 fully saturated rings. The second-order valence-corrected chi connectivity index (χ2v) is 7.02. The van der Waals surface area contributed by atoms with Crippen LogP contribution in [0.1, 0.15) is 25.0 Å². The third-order valence-corrected chi connectivity index (χ3v) is 5.01. The Morgan fingerprint density at radius 2 is 2.29 bits per heavy atom. The number of carbonyl (C=O) groups excluding carboxylic acids is 1. The molecule has 0 aliphatic carbocycles. The number of aliphatic hydroxyl groups excluding tert-OH is 1. The van der Waals surface area contributed by atoms with E-state index in [9.17, 15) is 9.90 Å². The van der Waals surface area contributed by atoms with E-state index in [0.717, 1.165) is 43.8 Å². The molecular formula is C17H23N3O3S. The SMILES string of the molecule is O=C(Cc1coc(-c2cccs2)n1)NCCCN1CCC(O)CC1. The van der Waals surface area contributed by atoms with Gasteiger partial charge in [-0.05, 0) is 37.3 Å². The van der Waals surface area contributed by atoms with E-state index in [-0.39, 0.29) is 18.4 Å². The van der Waals surface area contributed by atoms with Gasteiger partial charge in [-0.1, -0.05) is 6.07 Å². The first-order chi connectivity index (χ1) is 11.7. The van der Waals surface area contributed by atoms with Crippen molar-refractivity contribution in [1.29, 1.82) is 0 Å². The smallest absolute Gasteiger partial charge is 0.236 e. The fourth-order valence-corrected chi connectivity index (χ4v) is 3.46. The molecule has 3 rings (SSSR count). The van der Waals surface area contributed by atoms with Crippen LogP contribution < -0.4 is 5.32 Å². The number of aliphatic hydroxyl groups is 1. The Morgan fingerprint density at radius 3 is 3.04 bits per heavy atom. The second kappa shape index (κ2) is 8.41. The number of nitrogens with zero attached hydrogens (tertiary/aromatic N) is 2. The monoisotopic (exact) mass is 349 g/mol. The van der Waals surface area contributed by atoms with Crippen molar-refractivity contribution in [2.24, 2.45) is 0 Å². The van der Waals surface area contributed by atoms with Crippen molar-refractivity contribution < 1.29 is 14.3 Å². The molecule has 0 aromatic carbocycles. The summed E-state index contributed by atoms with van der Waals surface area (Å²) in [7, 11) is 0. The van der Waals surface area contributed by atoms with Crippen LogP contribution in [0, 0.1) is 0 Å². The molecule has 0 atom stereocenters. The number of thiophene rings is 1. The number of piperidine rings is 1. The third kappa shape index (κ3) is 4.90. The first kappa shape index (κ1) is 17.1. The van der Waals surface area contributed by atoms with Crippen molar-refractivity contribution >= 4 is 17.2 Å². The van der Waals surface area contributed by atoms with Crippen molar-refractivity contribution in [3.05, 3.63) is 29.5 Å². The Labute approximate surface area is 145 Å². The zero-order valence-corrected chi connectivity index (χ0v) is 14.4. The van der Waals surface area contributed by atoms with E-state index in [4.69, 9.17) is 4.42 Å². The van der Waals surface area contributed by atoms with Gasteiger partial charge < -0.3 is 19.7 Å². The Hall–Kier alpha value is -1.70. The van der Waals surface area contributed by atoms with Gasteiger partial charge in [-0.3, -0.25) is 4.79 Å². The van der Waals surface area contributed by atoms with Crippen LogP contribution in [0.2, 0.25) is 0 Å². The number of likely N-dealkylation sites (tertiary alicyclic amines) is 1. The molecule has 130 valence electrons. The average Bonchev–Trinajstić information content (AvgIpc) is 3.24. The summed E-state index contributed by atoms with van der Waals surface area (Å²) < 4.78 is 5.42. The van der Waals surface area contributed by atoms with Gasteiger partial charge in [0, 0.05) is 19.6 Å². The predicted octanol–water partition coefficient (Wildman–Crippen LogP) is 1.91. The Morgan fingerprint density at radius 1 is 1.46 bits per heavy atom. The Balaban J connectivity index is 1.34. The number of hydrogen-bond acceptors (Lipinski definition) is 6. The second-order valence-electron chi connectivity index (χ2n) is 6.07. The third-order valence-electron chi connectivity index (χ3n) is 4.16. The molecule has 7 heteroatoms. The van der Waals surface area contributed by atoms with E-state index in [1.54, 1.807) is 17.6 Å². The first-order valence-corrected chi connectivity index (χ1v) is 9.24.